The summed E-state index contributed by atoms with van der Waals surface area (Å²) >= 11 is 1.92. The van der Waals surface area contributed by atoms with E-state index in [0.29, 0.717) is 0 Å². The van der Waals surface area contributed by atoms with Gasteiger partial charge in [0, 0.05) is 9.75 Å². The van der Waals surface area contributed by atoms with E-state index in [1.165, 1.54) is 26.4 Å². The summed E-state index contributed by atoms with van der Waals surface area (Å²) in [6, 6.07) is 11.0. The normalized spacial score (nSPS) is 11.4. The summed E-state index contributed by atoms with van der Waals surface area (Å²) in [6.45, 7) is 6.19. The molecule has 1 heteroatoms. The molecule has 1 aromatic carbocycles. The van der Waals surface area contributed by atoms with Crippen LogP contribution >= 0.6 is 11.3 Å². The first kappa shape index (κ1) is 10.4. The maximum absolute atomic E-state index is 2.32. The van der Waals surface area contributed by atoms with E-state index in [1.54, 1.807) is 0 Å². The van der Waals surface area contributed by atoms with Gasteiger partial charge in [0.2, 0.25) is 0 Å². The topological polar surface area (TPSA) is 0 Å². The van der Waals surface area contributed by atoms with Crippen LogP contribution in [-0.4, -0.2) is 0 Å². The standard InChI is InChI=1S/C12H10S.C2H6/c1-8-6-10-7-9-4-2-3-5-11(9)12(10)13-8;1-2/h2-6H,7H2,1H3;1-2H3. The number of hydrogen-bond donors (Lipinski definition) is 0. The summed E-state index contributed by atoms with van der Waals surface area (Å²) in [4.78, 5) is 2.92. The molecule has 0 unspecified atom stereocenters. The van der Waals surface area contributed by atoms with Gasteiger partial charge in [-0.15, -0.1) is 11.3 Å². The Morgan fingerprint density at radius 1 is 1.07 bits per heavy atom. The number of thiophene rings is 1. The summed E-state index contributed by atoms with van der Waals surface area (Å²) in [6.07, 6.45) is 1.13. The van der Waals surface area contributed by atoms with Crippen molar-refractivity contribution >= 4 is 11.3 Å². The predicted octanol–water partition coefficient (Wildman–Crippen LogP) is 4.65. The molecule has 1 heterocycles. The first-order valence-electron chi connectivity index (χ1n) is 5.52. The van der Waals surface area contributed by atoms with Gasteiger partial charge in [-0.05, 0) is 36.1 Å². The number of rotatable bonds is 0. The van der Waals surface area contributed by atoms with E-state index < -0.39 is 0 Å². The molecule has 1 aliphatic rings. The highest BCUT2D eigenvalue weighted by atomic mass is 32.1. The van der Waals surface area contributed by atoms with Gasteiger partial charge in [-0.1, -0.05) is 38.1 Å². The van der Waals surface area contributed by atoms with Crippen molar-refractivity contribution in [3.05, 3.63) is 46.3 Å². The second-order valence-corrected chi connectivity index (χ2v) is 4.80. The van der Waals surface area contributed by atoms with Gasteiger partial charge in [-0.25, -0.2) is 0 Å². The average molecular weight is 216 g/mol. The van der Waals surface area contributed by atoms with Crippen LogP contribution in [0.2, 0.25) is 0 Å². The Morgan fingerprint density at radius 3 is 2.60 bits per heavy atom. The molecule has 0 fully saturated rings. The van der Waals surface area contributed by atoms with Gasteiger partial charge < -0.3 is 0 Å². The van der Waals surface area contributed by atoms with Crippen molar-refractivity contribution in [1.29, 1.82) is 0 Å². The molecule has 0 amide bonds. The van der Waals surface area contributed by atoms with Crippen LogP contribution in [-0.2, 0) is 6.42 Å². The molecule has 0 saturated carbocycles. The second-order valence-electron chi connectivity index (χ2n) is 3.55. The Morgan fingerprint density at radius 2 is 1.80 bits per heavy atom. The Balaban J connectivity index is 0.000000404. The summed E-state index contributed by atoms with van der Waals surface area (Å²) in [5.41, 5.74) is 4.46. The zero-order valence-corrected chi connectivity index (χ0v) is 10.3. The molecule has 78 valence electrons. The third-order valence-electron chi connectivity index (χ3n) is 2.58. The van der Waals surface area contributed by atoms with E-state index in [9.17, 15) is 0 Å². The zero-order valence-electron chi connectivity index (χ0n) is 9.50. The highest BCUT2D eigenvalue weighted by molar-refractivity contribution is 7.15. The Hall–Kier alpha value is -1.08. The molecule has 15 heavy (non-hydrogen) atoms. The lowest BCUT2D eigenvalue weighted by Gasteiger charge is -1.96. The molecular weight excluding hydrogens is 200 g/mol. The van der Waals surface area contributed by atoms with Crippen molar-refractivity contribution < 1.29 is 0 Å². The molecule has 1 aromatic heterocycles. The quantitative estimate of drug-likeness (QED) is 0.513. The van der Waals surface area contributed by atoms with Crippen molar-refractivity contribution in [1.82, 2.24) is 0 Å². The van der Waals surface area contributed by atoms with Crippen molar-refractivity contribution in [3.8, 4) is 10.4 Å². The fourth-order valence-corrected chi connectivity index (χ4v) is 3.12. The van der Waals surface area contributed by atoms with Crippen LogP contribution in [0.4, 0.5) is 0 Å². The molecule has 0 N–H and O–H groups in total. The highest BCUT2D eigenvalue weighted by Gasteiger charge is 2.19. The van der Waals surface area contributed by atoms with Crippen LogP contribution in [0.25, 0.3) is 10.4 Å². The molecule has 3 rings (SSSR count). The molecule has 0 spiro atoms. The van der Waals surface area contributed by atoms with Crippen LogP contribution in [0.5, 0.6) is 0 Å². The van der Waals surface area contributed by atoms with Gasteiger partial charge in [0.15, 0.2) is 0 Å². The molecule has 0 bridgehead atoms. The van der Waals surface area contributed by atoms with Gasteiger partial charge in [0.1, 0.15) is 0 Å². The Bertz CT molecular complexity index is 466. The number of fused-ring (bicyclic) bond motifs is 3. The number of hydrogen-bond acceptors (Lipinski definition) is 1. The fraction of sp³-hybridized carbons (Fsp3) is 0.286. The molecule has 1 aliphatic carbocycles. The van der Waals surface area contributed by atoms with Crippen LogP contribution in [0.15, 0.2) is 30.3 Å². The molecule has 0 radical (unpaired) electrons. The second kappa shape index (κ2) is 4.19. The first-order chi connectivity index (χ1) is 7.34. The molecule has 2 aromatic rings. The molecular formula is C14H16S. The van der Waals surface area contributed by atoms with Crippen LogP contribution in [0.1, 0.15) is 29.9 Å². The molecule has 0 aliphatic heterocycles. The number of benzene rings is 1. The van der Waals surface area contributed by atoms with Crippen LogP contribution in [0, 0.1) is 6.92 Å². The number of aryl methyl sites for hydroxylation is 1. The lowest BCUT2D eigenvalue weighted by molar-refractivity contribution is 1.27. The van der Waals surface area contributed by atoms with Gasteiger partial charge >= 0.3 is 0 Å². The van der Waals surface area contributed by atoms with E-state index in [2.05, 4.69) is 37.3 Å². The Kier molecular flexibility index (Phi) is 2.92. The summed E-state index contributed by atoms with van der Waals surface area (Å²) < 4.78 is 0. The van der Waals surface area contributed by atoms with Crippen LogP contribution < -0.4 is 0 Å². The minimum atomic E-state index is 1.13. The largest absolute Gasteiger partial charge is 0.140 e. The van der Waals surface area contributed by atoms with E-state index >= 15 is 0 Å². The van der Waals surface area contributed by atoms with E-state index in [-0.39, 0.29) is 0 Å². The average Bonchev–Trinajstić information content (AvgIpc) is 2.77. The van der Waals surface area contributed by atoms with E-state index in [1.807, 2.05) is 25.2 Å². The van der Waals surface area contributed by atoms with Crippen molar-refractivity contribution in [2.75, 3.05) is 0 Å². The van der Waals surface area contributed by atoms with Gasteiger partial charge in [-0.2, -0.15) is 0 Å². The summed E-state index contributed by atoms with van der Waals surface area (Å²) in [5.74, 6) is 0. The summed E-state index contributed by atoms with van der Waals surface area (Å²) in [7, 11) is 0. The third-order valence-corrected chi connectivity index (χ3v) is 3.70. The van der Waals surface area contributed by atoms with Gasteiger partial charge in [0.25, 0.3) is 0 Å². The molecule has 0 nitrogen and oxygen atoms in total. The zero-order chi connectivity index (χ0) is 10.8. The minimum absolute atomic E-state index is 1.13. The maximum atomic E-state index is 2.32. The van der Waals surface area contributed by atoms with Crippen LogP contribution in [0.3, 0.4) is 0 Å². The lowest BCUT2D eigenvalue weighted by Crippen LogP contribution is -1.77. The van der Waals surface area contributed by atoms with Gasteiger partial charge in [0.05, 0.1) is 0 Å². The van der Waals surface area contributed by atoms with E-state index in [0.717, 1.165) is 6.42 Å². The van der Waals surface area contributed by atoms with Gasteiger partial charge in [-0.3, -0.25) is 0 Å². The van der Waals surface area contributed by atoms with Crippen molar-refractivity contribution in [2.45, 2.75) is 27.2 Å². The highest BCUT2D eigenvalue weighted by Crippen LogP contribution is 2.41. The first-order valence-corrected chi connectivity index (χ1v) is 6.34. The minimum Gasteiger partial charge on any atom is -0.140 e. The third kappa shape index (κ3) is 1.72. The van der Waals surface area contributed by atoms with Crippen molar-refractivity contribution in [2.24, 2.45) is 0 Å². The summed E-state index contributed by atoms with van der Waals surface area (Å²) in [5, 5.41) is 0. The lowest BCUT2D eigenvalue weighted by atomic mass is 10.1. The monoisotopic (exact) mass is 216 g/mol. The molecule has 0 atom stereocenters. The van der Waals surface area contributed by atoms with E-state index in [4.69, 9.17) is 0 Å². The maximum Gasteiger partial charge on any atom is 0.0383 e. The molecule has 0 saturated heterocycles. The SMILES string of the molecule is CC.Cc1cc2c(s1)-c1ccccc1C2. The smallest absolute Gasteiger partial charge is 0.0383 e. The fourth-order valence-electron chi connectivity index (χ4n) is 2.03. The Labute approximate surface area is 95.6 Å². The van der Waals surface area contributed by atoms with Crippen molar-refractivity contribution in [3.63, 3.8) is 0 Å². The predicted molar refractivity (Wildman–Crippen MR) is 68.6 cm³/mol.